The van der Waals surface area contributed by atoms with Crippen LogP contribution in [0.5, 0.6) is 0 Å². The fraction of sp³-hybridized carbons (Fsp3) is 0.929. The van der Waals surface area contributed by atoms with Crippen molar-refractivity contribution in [2.75, 3.05) is 6.54 Å². The molecule has 0 aromatic heterocycles. The zero-order valence-corrected chi connectivity index (χ0v) is 11.8. The molecule has 1 saturated carbocycles. The van der Waals surface area contributed by atoms with E-state index < -0.39 is 5.41 Å². The van der Waals surface area contributed by atoms with E-state index in [2.05, 4.69) is 19.2 Å². The van der Waals surface area contributed by atoms with Crippen molar-refractivity contribution in [2.24, 2.45) is 16.6 Å². The molecule has 0 aliphatic heterocycles. The molecule has 0 spiro atoms. The highest BCUT2D eigenvalue weighted by Crippen LogP contribution is 2.36. The van der Waals surface area contributed by atoms with Gasteiger partial charge in [0.2, 0.25) is 5.91 Å². The number of hydrogen-bond acceptors (Lipinski definition) is 2. The zero-order valence-electron chi connectivity index (χ0n) is 11.8. The van der Waals surface area contributed by atoms with Gasteiger partial charge < -0.3 is 11.1 Å². The molecular formula is C14H28N2O. The Morgan fingerprint density at radius 2 is 2.12 bits per heavy atom. The Hall–Kier alpha value is -0.570. The van der Waals surface area contributed by atoms with E-state index in [9.17, 15) is 4.79 Å². The van der Waals surface area contributed by atoms with Crippen molar-refractivity contribution in [2.45, 2.75) is 65.8 Å². The van der Waals surface area contributed by atoms with Crippen molar-refractivity contribution in [3.8, 4) is 0 Å². The maximum Gasteiger partial charge on any atom is 0.227 e. The van der Waals surface area contributed by atoms with Gasteiger partial charge in [-0.3, -0.25) is 4.79 Å². The summed E-state index contributed by atoms with van der Waals surface area (Å²) in [4.78, 5) is 12.3. The number of carbonyl (C=O) groups excluding carboxylic acids is 1. The van der Waals surface area contributed by atoms with Gasteiger partial charge in [0.05, 0.1) is 5.41 Å². The second kappa shape index (κ2) is 5.38. The van der Waals surface area contributed by atoms with Crippen LogP contribution < -0.4 is 11.1 Å². The maximum absolute atomic E-state index is 12.3. The highest BCUT2D eigenvalue weighted by Gasteiger charge is 2.37. The van der Waals surface area contributed by atoms with Crippen molar-refractivity contribution in [1.82, 2.24) is 5.32 Å². The number of nitrogens with one attached hydrogen (secondary N) is 1. The first kappa shape index (κ1) is 14.5. The lowest BCUT2D eigenvalue weighted by atomic mass is 9.72. The lowest BCUT2D eigenvalue weighted by Crippen LogP contribution is -2.52. The Kier molecular flexibility index (Phi) is 4.59. The van der Waals surface area contributed by atoms with Crippen LogP contribution in [0, 0.1) is 10.8 Å². The largest absolute Gasteiger partial charge is 0.352 e. The molecule has 2 atom stereocenters. The molecule has 3 heteroatoms. The summed E-state index contributed by atoms with van der Waals surface area (Å²) in [6.45, 7) is 8.91. The van der Waals surface area contributed by atoms with E-state index in [1.54, 1.807) is 0 Å². The molecular weight excluding hydrogens is 212 g/mol. The molecule has 1 aliphatic carbocycles. The van der Waals surface area contributed by atoms with Gasteiger partial charge in [0.25, 0.3) is 0 Å². The van der Waals surface area contributed by atoms with Crippen LogP contribution in [0.4, 0.5) is 0 Å². The quantitative estimate of drug-likeness (QED) is 0.793. The fourth-order valence-electron chi connectivity index (χ4n) is 2.49. The van der Waals surface area contributed by atoms with Gasteiger partial charge >= 0.3 is 0 Å². The molecule has 0 radical (unpaired) electrons. The summed E-state index contributed by atoms with van der Waals surface area (Å²) >= 11 is 0. The number of hydrogen-bond donors (Lipinski definition) is 2. The Labute approximate surface area is 106 Å². The van der Waals surface area contributed by atoms with Crippen LogP contribution in [0.1, 0.15) is 59.8 Å². The zero-order chi connectivity index (χ0) is 13.1. The molecule has 1 fully saturated rings. The minimum Gasteiger partial charge on any atom is -0.352 e. The Morgan fingerprint density at radius 3 is 2.59 bits per heavy atom. The van der Waals surface area contributed by atoms with Gasteiger partial charge in [0.1, 0.15) is 0 Å². The molecule has 17 heavy (non-hydrogen) atoms. The van der Waals surface area contributed by atoms with Gasteiger partial charge in [-0.15, -0.1) is 0 Å². The highest BCUT2D eigenvalue weighted by atomic mass is 16.2. The first-order valence-electron chi connectivity index (χ1n) is 6.87. The Morgan fingerprint density at radius 1 is 1.47 bits per heavy atom. The molecule has 1 aliphatic rings. The average molecular weight is 240 g/mol. The molecule has 0 bridgehead atoms. The van der Waals surface area contributed by atoms with E-state index in [-0.39, 0.29) is 11.3 Å². The summed E-state index contributed by atoms with van der Waals surface area (Å²) in [5, 5.41) is 3.23. The van der Waals surface area contributed by atoms with E-state index in [0.29, 0.717) is 12.6 Å². The number of amides is 1. The van der Waals surface area contributed by atoms with E-state index in [1.165, 1.54) is 19.3 Å². The summed E-state index contributed by atoms with van der Waals surface area (Å²) in [6, 6.07) is 0.307. The summed E-state index contributed by atoms with van der Waals surface area (Å²) in [7, 11) is 0. The molecule has 100 valence electrons. The van der Waals surface area contributed by atoms with Gasteiger partial charge in [-0.25, -0.2) is 0 Å². The van der Waals surface area contributed by atoms with Gasteiger partial charge in [-0.05, 0) is 31.6 Å². The van der Waals surface area contributed by atoms with Crippen molar-refractivity contribution < 1.29 is 4.79 Å². The van der Waals surface area contributed by atoms with Crippen LogP contribution in [-0.4, -0.2) is 18.5 Å². The molecule has 1 rings (SSSR count). The topological polar surface area (TPSA) is 55.1 Å². The van der Waals surface area contributed by atoms with E-state index >= 15 is 0 Å². The van der Waals surface area contributed by atoms with Crippen LogP contribution in [0.15, 0.2) is 0 Å². The summed E-state index contributed by atoms with van der Waals surface area (Å²) in [5.41, 5.74) is 5.54. The molecule has 0 heterocycles. The number of nitrogens with two attached hydrogens (primary N) is 1. The Bertz CT molecular complexity index is 269. The summed E-state index contributed by atoms with van der Waals surface area (Å²) in [6.07, 6.45) is 5.59. The molecule has 1 amide bonds. The van der Waals surface area contributed by atoms with Gasteiger partial charge in [-0.1, -0.05) is 33.6 Å². The van der Waals surface area contributed by atoms with Crippen molar-refractivity contribution in [3.63, 3.8) is 0 Å². The third kappa shape index (κ3) is 3.21. The van der Waals surface area contributed by atoms with Crippen LogP contribution in [0.2, 0.25) is 0 Å². The normalized spacial score (nSPS) is 27.2. The van der Waals surface area contributed by atoms with E-state index in [1.807, 2.05) is 13.8 Å². The summed E-state index contributed by atoms with van der Waals surface area (Å²) in [5.74, 6) is 0.127. The van der Waals surface area contributed by atoms with Crippen molar-refractivity contribution >= 4 is 5.91 Å². The molecule has 0 aromatic carbocycles. The van der Waals surface area contributed by atoms with Gasteiger partial charge in [0.15, 0.2) is 0 Å². The average Bonchev–Trinajstić information content (AvgIpc) is 2.30. The lowest BCUT2D eigenvalue weighted by Gasteiger charge is -2.40. The maximum atomic E-state index is 12.3. The lowest BCUT2D eigenvalue weighted by molar-refractivity contribution is -0.131. The molecule has 0 aromatic rings. The van der Waals surface area contributed by atoms with Crippen molar-refractivity contribution in [1.29, 1.82) is 0 Å². The van der Waals surface area contributed by atoms with Gasteiger partial charge in [0, 0.05) is 12.6 Å². The monoisotopic (exact) mass is 240 g/mol. The standard InChI is InChI=1S/C14H28N2O/c1-5-14(4,10-15)12(17)16-11-8-6-7-9-13(11,2)3/h11H,5-10,15H2,1-4H3,(H,16,17). The van der Waals surface area contributed by atoms with Gasteiger partial charge in [-0.2, -0.15) is 0 Å². The minimum atomic E-state index is -0.409. The first-order chi connectivity index (χ1) is 7.85. The van der Waals surface area contributed by atoms with Crippen LogP contribution >= 0.6 is 0 Å². The van der Waals surface area contributed by atoms with E-state index in [0.717, 1.165) is 12.8 Å². The predicted molar refractivity (Wildman–Crippen MR) is 71.6 cm³/mol. The van der Waals surface area contributed by atoms with Crippen LogP contribution in [0.3, 0.4) is 0 Å². The third-order valence-corrected chi connectivity index (χ3v) is 4.59. The van der Waals surface area contributed by atoms with Crippen LogP contribution in [0.25, 0.3) is 0 Å². The minimum absolute atomic E-state index is 0.127. The molecule has 0 saturated heterocycles. The molecule has 2 unspecified atom stereocenters. The smallest absolute Gasteiger partial charge is 0.227 e. The second-order valence-electron chi connectivity index (χ2n) is 6.38. The second-order valence-corrected chi connectivity index (χ2v) is 6.38. The van der Waals surface area contributed by atoms with Crippen LogP contribution in [-0.2, 0) is 4.79 Å². The third-order valence-electron chi connectivity index (χ3n) is 4.59. The first-order valence-corrected chi connectivity index (χ1v) is 6.87. The molecule has 3 N–H and O–H groups in total. The predicted octanol–water partition coefficient (Wildman–Crippen LogP) is 2.45. The number of rotatable bonds is 4. The molecule has 3 nitrogen and oxygen atoms in total. The SMILES string of the molecule is CCC(C)(CN)C(=O)NC1CCCCC1(C)C. The summed E-state index contributed by atoms with van der Waals surface area (Å²) < 4.78 is 0. The fourth-order valence-corrected chi connectivity index (χ4v) is 2.49. The highest BCUT2D eigenvalue weighted by molar-refractivity contribution is 5.82. The number of carbonyl (C=O) groups is 1. The Balaban J connectivity index is 2.67. The van der Waals surface area contributed by atoms with E-state index in [4.69, 9.17) is 5.73 Å². The van der Waals surface area contributed by atoms with Crippen molar-refractivity contribution in [3.05, 3.63) is 0 Å².